The van der Waals surface area contributed by atoms with E-state index in [0.29, 0.717) is 29.2 Å². The number of pyridine rings is 2. The van der Waals surface area contributed by atoms with Gasteiger partial charge in [-0.15, -0.1) is 10.2 Å². The van der Waals surface area contributed by atoms with Crippen molar-refractivity contribution in [2.45, 2.75) is 32.1 Å². The van der Waals surface area contributed by atoms with Crippen molar-refractivity contribution in [1.82, 2.24) is 29.9 Å². The zero-order valence-electron chi connectivity index (χ0n) is 13.1. The fraction of sp³-hybridized carbons (Fsp3) is 0.312. The summed E-state index contributed by atoms with van der Waals surface area (Å²) in [7, 11) is 0. The number of anilines is 1. The van der Waals surface area contributed by atoms with E-state index in [0.717, 1.165) is 28.3 Å². The first-order valence-corrected chi connectivity index (χ1v) is 7.92. The Kier molecular flexibility index (Phi) is 2.64. The number of rotatable bonds is 3. The largest absolute Gasteiger partial charge is 0.396 e. The summed E-state index contributed by atoms with van der Waals surface area (Å²) in [4.78, 5) is 4.43. The summed E-state index contributed by atoms with van der Waals surface area (Å²) in [5.74, 6) is 1.59. The molecule has 5 rings (SSSR count). The third kappa shape index (κ3) is 1.89. The van der Waals surface area contributed by atoms with Crippen molar-refractivity contribution < 1.29 is 4.63 Å². The molecule has 0 bridgehead atoms. The predicted molar refractivity (Wildman–Crippen MR) is 86.5 cm³/mol. The Morgan fingerprint density at radius 1 is 1.29 bits per heavy atom. The molecule has 0 amide bonds. The molecule has 1 saturated carbocycles. The minimum atomic E-state index is 0.436. The van der Waals surface area contributed by atoms with Crippen molar-refractivity contribution in [3.05, 3.63) is 41.0 Å². The van der Waals surface area contributed by atoms with Gasteiger partial charge in [0.25, 0.3) is 0 Å². The first kappa shape index (κ1) is 13.4. The van der Waals surface area contributed by atoms with E-state index in [1.165, 1.54) is 12.8 Å². The maximum Gasteiger partial charge on any atom is 0.226 e. The van der Waals surface area contributed by atoms with Crippen LogP contribution in [0.3, 0.4) is 0 Å². The molecule has 120 valence electrons. The lowest BCUT2D eigenvalue weighted by atomic mass is 10.0. The summed E-state index contributed by atoms with van der Waals surface area (Å²) >= 11 is 0. The fourth-order valence-corrected chi connectivity index (χ4v) is 3.15. The van der Waals surface area contributed by atoms with Crippen LogP contribution in [0, 0.1) is 6.92 Å². The molecular weight excluding hydrogens is 306 g/mol. The summed E-state index contributed by atoms with van der Waals surface area (Å²) in [5.41, 5.74) is 11.4. The van der Waals surface area contributed by atoms with Crippen LogP contribution in [0.15, 0.2) is 23.0 Å². The molecule has 0 spiro atoms. The monoisotopic (exact) mass is 321 g/mol. The van der Waals surface area contributed by atoms with Crippen molar-refractivity contribution >= 4 is 22.5 Å². The van der Waals surface area contributed by atoms with E-state index in [4.69, 9.17) is 10.4 Å². The van der Waals surface area contributed by atoms with Crippen LogP contribution in [0.5, 0.6) is 0 Å². The van der Waals surface area contributed by atoms with Crippen LogP contribution in [-0.4, -0.2) is 29.9 Å². The fourth-order valence-electron chi connectivity index (χ4n) is 3.15. The van der Waals surface area contributed by atoms with Gasteiger partial charge in [-0.05, 0) is 36.1 Å². The van der Waals surface area contributed by atoms with Gasteiger partial charge in [0.1, 0.15) is 5.82 Å². The maximum atomic E-state index is 6.27. The van der Waals surface area contributed by atoms with E-state index in [1.807, 2.05) is 25.3 Å². The van der Waals surface area contributed by atoms with Gasteiger partial charge in [-0.25, -0.2) is 9.61 Å². The first-order chi connectivity index (χ1) is 11.7. The molecule has 0 saturated heterocycles. The lowest BCUT2D eigenvalue weighted by Crippen LogP contribution is -2.04. The molecular formula is C16H15N7O. The second-order valence-corrected chi connectivity index (χ2v) is 6.26. The molecule has 4 aromatic heterocycles. The van der Waals surface area contributed by atoms with Gasteiger partial charge >= 0.3 is 0 Å². The Morgan fingerprint density at radius 2 is 2.17 bits per heavy atom. The van der Waals surface area contributed by atoms with Gasteiger partial charge in [0.15, 0.2) is 11.2 Å². The SMILES string of the molecule is Cc1nc2nonc2c(N)c1Cc1cccn2c(C3CC3)nnc12. The quantitative estimate of drug-likeness (QED) is 0.615. The molecule has 0 atom stereocenters. The molecule has 4 aromatic rings. The third-order valence-corrected chi connectivity index (χ3v) is 4.61. The zero-order valence-corrected chi connectivity index (χ0v) is 13.1. The number of nitrogen functional groups attached to an aromatic ring is 1. The average Bonchev–Trinajstić information content (AvgIpc) is 3.15. The highest BCUT2D eigenvalue weighted by atomic mass is 16.6. The lowest BCUT2D eigenvalue weighted by molar-refractivity contribution is 0.315. The molecule has 2 N–H and O–H groups in total. The third-order valence-electron chi connectivity index (χ3n) is 4.61. The van der Waals surface area contributed by atoms with Crippen molar-refractivity contribution in [2.75, 3.05) is 5.73 Å². The summed E-state index contributed by atoms with van der Waals surface area (Å²) < 4.78 is 6.83. The highest BCUT2D eigenvalue weighted by Crippen LogP contribution is 2.39. The van der Waals surface area contributed by atoms with Gasteiger partial charge in [0.05, 0.1) is 5.69 Å². The molecule has 0 radical (unpaired) electrons. The standard InChI is InChI=1S/C16H15N7O/c1-8-11(12(17)13-14(18-8)22-24-21-13)7-10-3-2-6-23-15(9-4-5-9)19-20-16(10)23/h2-3,6,9H,4-5,7,17H2,1H3. The van der Waals surface area contributed by atoms with Crippen LogP contribution in [0.1, 0.15) is 41.4 Å². The number of aromatic nitrogens is 6. The zero-order chi connectivity index (χ0) is 16.3. The van der Waals surface area contributed by atoms with Crippen LogP contribution in [0.4, 0.5) is 5.69 Å². The summed E-state index contributed by atoms with van der Waals surface area (Å²) in [6.45, 7) is 1.92. The second-order valence-electron chi connectivity index (χ2n) is 6.26. The Hall–Kier alpha value is -3.03. The Labute approximate surface area is 136 Å². The van der Waals surface area contributed by atoms with Crippen molar-refractivity contribution in [1.29, 1.82) is 0 Å². The van der Waals surface area contributed by atoms with Crippen LogP contribution in [-0.2, 0) is 6.42 Å². The van der Waals surface area contributed by atoms with Gasteiger partial charge in [-0.1, -0.05) is 6.07 Å². The first-order valence-electron chi connectivity index (χ1n) is 7.92. The molecule has 1 aliphatic carbocycles. The molecule has 8 nitrogen and oxygen atoms in total. The van der Waals surface area contributed by atoms with Crippen LogP contribution in [0.2, 0.25) is 0 Å². The predicted octanol–water partition coefficient (Wildman–Crippen LogP) is 2.02. The Balaban J connectivity index is 1.64. The van der Waals surface area contributed by atoms with Gasteiger partial charge in [-0.3, -0.25) is 4.40 Å². The maximum absolute atomic E-state index is 6.27. The van der Waals surface area contributed by atoms with E-state index >= 15 is 0 Å². The molecule has 1 fully saturated rings. The molecule has 0 unspecified atom stereocenters. The molecule has 1 aliphatic rings. The van der Waals surface area contributed by atoms with Crippen LogP contribution >= 0.6 is 0 Å². The molecule has 0 aromatic carbocycles. The minimum Gasteiger partial charge on any atom is -0.396 e. The van der Waals surface area contributed by atoms with Gasteiger partial charge in [0, 0.05) is 35.4 Å². The van der Waals surface area contributed by atoms with Gasteiger partial charge in [-0.2, -0.15) is 0 Å². The molecule has 0 aliphatic heterocycles. The highest BCUT2D eigenvalue weighted by Gasteiger charge is 2.29. The van der Waals surface area contributed by atoms with Crippen molar-refractivity contribution in [3.8, 4) is 0 Å². The summed E-state index contributed by atoms with van der Waals surface area (Å²) in [6, 6.07) is 4.07. The Morgan fingerprint density at radius 3 is 3.00 bits per heavy atom. The van der Waals surface area contributed by atoms with Gasteiger partial charge < -0.3 is 5.73 Å². The van der Waals surface area contributed by atoms with E-state index in [1.54, 1.807) is 0 Å². The van der Waals surface area contributed by atoms with Gasteiger partial charge in [0.2, 0.25) is 5.65 Å². The van der Waals surface area contributed by atoms with Crippen molar-refractivity contribution in [3.63, 3.8) is 0 Å². The number of fused-ring (bicyclic) bond motifs is 2. The van der Waals surface area contributed by atoms with E-state index < -0.39 is 0 Å². The van der Waals surface area contributed by atoms with E-state index in [2.05, 4.69) is 29.9 Å². The minimum absolute atomic E-state index is 0.436. The topological polar surface area (TPSA) is 108 Å². The number of nitrogens with zero attached hydrogens (tertiary/aromatic N) is 6. The number of nitrogens with two attached hydrogens (primary N) is 1. The summed E-state index contributed by atoms with van der Waals surface area (Å²) in [5, 5.41) is 16.4. The molecule has 4 heterocycles. The number of aryl methyl sites for hydroxylation is 1. The van der Waals surface area contributed by atoms with Crippen LogP contribution < -0.4 is 5.73 Å². The Bertz CT molecular complexity index is 1080. The average molecular weight is 321 g/mol. The number of hydrogen-bond acceptors (Lipinski definition) is 7. The normalized spacial score (nSPS) is 14.7. The van der Waals surface area contributed by atoms with Crippen LogP contribution in [0.25, 0.3) is 16.8 Å². The molecule has 24 heavy (non-hydrogen) atoms. The molecule has 8 heteroatoms. The van der Waals surface area contributed by atoms with E-state index in [-0.39, 0.29) is 0 Å². The number of hydrogen-bond donors (Lipinski definition) is 1. The van der Waals surface area contributed by atoms with Crippen molar-refractivity contribution in [2.24, 2.45) is 0 Å². The second kappa shape index (κ2) is 4.73. The van der Waals surface area contributed by atoms with E-state index in [9.17, 15) is 0 Å². The smallest absolute Gasteiger partial charge is 0.226 e. The lowest BCUT2D eigenvalue weighted by Gasteiger charge is -2.09. The highest BCUT2D eigenvalue weighted by molar-refractivity contribution is 5.85. The summed E-state index contributed by atoms with van der Waals surface area (Å²) in [6.07, 6.45) is 5.01.